The second-order valence-corrected chi connectivity index (χ2v) is 3.83. The topological polar surface area (TPSA) is 41.5 Å². The standard InChI is InChI=1S/C15H14N2O/c18-12-15-9-5-4-8-14(15)11-17-16-10-13-6-2-1-3-7-13/h1-9,11-12,16H,10H2. The molecule has 0 saturated heterocycles. The zero-order valence-corrected chi connectivity index (χ0v) is 9.91. The van der Waals surface area contributed by atoms with E-state index in [1.807, 2.05) is 48.5 Å². The maximum Gasteiger partial charge on any atom is 0.150 e. The average Bonchev–Trinajstić information content (AvgIpc) is 2.45. The van der Waals surface area contributed by atoms with Crippen LogP contribution in [-0.4, -0.2) is 12.5 Å². The summed E-state index contributed by atoms with van der Waals surface area (Å²) < 4.78 is 0. The molecule has 1 N–H and O–H groups in total. The summed E-state index contributed by atoms with van der Waals surface area (Å²) in [6.45, 7) is 0.667. The molecule has 0 aliphatic carbocycles. The number of nitrogens with one attached hydrogen (secondary N) is 1. The van der Waals surface area contributed by atoms with E-state index in [0.29, 0.717) is 12.1 Å². The van der Waals surface area contributed by atoms with Crippen LogP contribution in [0.4, 0.5) is 0 Å². The summed E-state index contributed by atoms with van der Waals surface area (Å²) >= 11 is 0. The van der Waals surface area contributed by atoms with Gasteiger partial charge in [0.25, 0.3) is 0 Å². The summed E-state index contributed by atoms with van der Waals surface area (Å²) in [5, 5.41) is 4.11. The van der Waals surface area contributed by atoms with Gasteiger partial charge in [0.05, 0.1) is 12.8 Å². The first kappa shape index (κ1) is 12.0. The molecule has 0 fully saturated rings. The molecule has 3 nitrogen and oxygen atoms in total. The van der Waals surface area contributed by atoms with E-state index in [9.17, 15) is 4.79 Å². The van der Waals surface area contributed by atoms with E-state index < -0.39 is 0 Å². The third kappa shape index (κ3) is 3.28. The Hall–Kier alpha value is -2.42. The van der Waals surface area contributed by atoms with Crippen molar-refractivity contribution in [3.05, 3.63) is 71.3 Å². The molecule has 0 atom stereocenters. The monoisotopic (exact) mass is 238 g/mol. The Labute approximate surface area is 106 Å². The van der Waals surface area contributed by atoms with Crippen LogP contribution < -0.4 is 5.43 Å². The third-order valence-electron chi connectivity index (χ3n) is 2.54. The molecule has 90 valence electrons. The Balaban J connectivity index is 1.94. The first-order valence-corrected chi connectivity index (χ1v) is 5.74. The molecule has 2 rings (SSSR count). The van der Waals surface area contributed by atoms with Crippen molar-refractivity contribution in [3.63, 3.8) is 0 Å². The van der Waals surface area contributed by atoms with Gasteiger partial charge >= 0.3 is 0 Å². The Morgan fingerprint density at radius 1 is 0.944 bits per heavy atom. The second-order valence-electron chi connectivity index (χ2n) is 3.83. The van der Waals surface area contributed by atoms with Gasteiger partial charge in [-0.3, -0.25) is 4.79 Å². The molecule has 0 spiro atoms. The van der Waals surface area contributed by atoms with Crippen molar-refractivity contribution >= 4 is 12.5 Å². The molecule has 0 amide bonds. The van der Waals surface area contributed by atoms with Crippen molar-refractivity contribution in [2.24, 2.45) is 5.10 Å². The van der Waals surface area contributed by atoms with Crippen molar-refractivity contribution in [3.8, 4) is 0 Å². The number of hydrogen-bond acceptors (Lipinski definition) is 3. The van der Waals surface area contributed by atoms with E-state index in [2.05, 4.69) is 10.5 Å². The molecule has 0 aliphatic rings. The smallest absolute Gasteiger partial charge is 0.150 e. The van der Waals surface area contributed by atoms with Gasteiger partial charge in [-0.05, 0) is 5.56 Å². The molecule has 0 unspecified atom stereocenters. The Bertz CT molecular complexity index is 535. The van der Waals surface area contributed by atoms with E-state index in [4.69, 9.17) is 0 Å². The number of benzene rings is 2. The quantitative estimate of drug-likeness (QED) is 0.494. The predicted octanol–water partition coefficient (Wildman–Crippen LogP) is 2.62. The molecule has 0 heterocycles. The van der Waals surface area contributed by atoms with Crippen molar-refractivity contribution in [1.82, 2.24) is 5.43 Å². The number of carbonyl (C=O) groups excluding carboxylic acids is 1. The van der Waals surface area contributed by atoms with Crippen molar-refractivity contribution in [1.29, 1.82) is 0 Å². The van der Waals surface area contributed by atoms with E-state index in [0.717, 1.165) is 11.8 Å². The maximum absolute atomic E-state index is 10.8. The molecule has 0 radical (unpaired) electrons. The van der Waals surface area contributed by atoms with Crippen LogP contribution in [0.25, 0.3) is 0 Å². The molecule has 0 bridgehead atoms. The molecule has 0 aliphatic heterocycles. The SMILES string of the molecule is O=Cc1ccccc1C=NNCc1ccccc1. The third-order valence-corrected chi connectivity index (χ3v) is 2.54. The number of hydrazone groups is 1. The lowest BCUT2D eigenvalue weighted by molar-refractivity contribution is 0.112. The fraction of sp³-hybridized carbons (Fsp3) is 0.0667. The lowest BCUT2D eigenvalue weighted by Crippen LogP contribution is -2.05. The zero-order valence-electron chi connectivity index (χ0n) is 9.91. The number of rotatable bonds is 5. The molecule has 2 aromatic carbocycles. The van der Waals surface area contributed by atoms with Crippen LogP contribution in [0.2, 0.25) is 0 Å². The summed E-state index contributed by atoms with van der Waals surface area (Å²) in [4.78, 5) is 10.8. The minimum Gasteiger partial charge on any atom is -0.306 e. The highest BCUT2D eigenvalue weighted by atomic mass is 16.1. The fourth-order valence-electron chi connectivity index (χ4n) is 1.58. The molecule has 3 heteroatoms. The first-order valence-electron chi connectivity index (χ1n) is 5.74. The minimum atomic E-state index is 0.641. The summed E-state index contributed by atoms with van der Waals surface area (Å²) in [5.41, 5.74) is 5.57. The van der Waals surface area contributed by atoms with E-state index >= 15 is 0 Å². The normalized spacial score (nSPS) is 10.4. The number of hydrogen-bond donors (Lipinski definition) is 1. The lowest BCUT2D eigenvalue weighted by atomic mass is 10.1. The van der Waals surface area contributed by atoms with Gasteiger partial charge in [0.1, 0.15) is 0 Å². The van der Waals surface area contributed by atoms with Gasteiger partial charge in [0, 0.05) is 11.1 Å². The predicted molar refractivity (Wildman–Crippen MR) is 72.7 cm³/mol. The summed E-state index contributed by atoms with van der Waals surface area (Å²) in [6.07, 6.45) is 2.49. The van der Waals surface area contributed by atoms with Gasteiger partial charge in [0.15, 0.2) is 6.29 Å². The van der Waals surface area contributed by atoms with Gasteiger partial charge in [0.2, 0.25) is 0 Å². The van der Waals surface area contributed by atoms with Gasteiger partial charge in [-0.1, -0.05) is 54.6 Å². The van der Waals surface area contributed by atoms with Crippen LogP contribution in [0.15, 0.2) is 59.7 Å². The second kappa shape index (κ2) is 6.35. The number of nitrogens with zero attached hydrogens (tertiary/aromatic N) is 1. The molecular weight excluding hydrogens is 224 g/mol. The summed E-state index contributed by atoms with van der Waals surface area (Å²) in [6, 6.07) is 17.4. The highest BCUT2D eigenvalue weighted by Crippen LogP contribution is 2.02. The highest BCUT2D eigenvalue weighted by molar-refractivity contribution is 5.92. The summed E-state index contributed by atoms with van der Waals surface area (Å²) in [5.74, 6) is 0. The van der Waals surface area contributed by atoms with Gasteiger partial charge in [-0.15, -0.1) is 0 Å². The van der Waals surface area contributed by atoms with Crippen LogP contribution in [-0.2, 0) is 6.54 Å². The van der Waals surface area contributed by atoms with Crippen LogP contribution in [0, 0.1) is 0 Å². The van der Waals surface area contributed by atoms with E-state index in [-0.39, 0.29) is 0 Å². The van der Waals surface area contributed by atoms with Gasteiger partial charge in [-0.25, -0.2) is 0 Å². The molecule has 18 heavy (non-hydrogen) atoms. The van der Waals surface area contributed by atoms with E-state index in [1.54, 1.807) is 12.3 Å². The highest BCUT2D eigenvalue weighted by Gasteiger charge is 1.95. The molecule has 2 aromatic rings. The molecule has 0 saturated carbocycles. The van der Waals surface area contributed by atoms with Crippen LogP contribution in [0.3, 0.4) is 0 Å². The average molecular weight is 238 g/mol. The minimum absolute atomic E-state index is 0.641. The van der Waals surface area contributed by atoms with Gasteiger partial charge in [-0.2, -0.15) is 5.10 Å². The maximum atomic E-state index is 10.8. The largest absolute Gasteiger partial charge is 0.306 e. The van der Waals surface area contributed by atoms with Crippen molar-refractivity contribution in [2.75, 3.05) is 0 Å². The molecular formula is C15H14N2O. The fourth-order valence-corrected chi connectivity index (χ4v) is 1.58. The first-order chi connectivity index (χ1) is 8.90. The van der Waals surface area contributed by atoms with Crippen molar-refractivity contribution < 1.29 is 4.79 Å². The number of carbonyl (C=O) groups is 1. The van der Waals surface area contributed by atoms with Crippen LogP contribution in [0.1, 0.15) is 21.5 Å². The zero-order chi connectivity index (χ0) is 12.6. The Kier molecular flexibility index (Phi) is 4.25. The lowest BCUT2D eigenvalue weighted by Gasteiger charge is -2.00. The van der Waals surface area contributed by atoms with Gasteiger partial charge < -0.3 is 5.43 Å². The number of aldehydes is 1. The van der Waals surface area contributed by atoms with Crippen LogP contribution in [0.5, 0.6) is 0 Å². The van der Waals surface area contributed by atoms with E-state index in [1.165, 1.54) is 5.56 Å². The molecule has 0 aromatic heterocycles. The summed E-state index contributed by atoms with van der Waals surface area (Å²) in [7, 11) is 0. The Morgan fingerprint density at radius 2 is 1.61 bits per heavy atom. The Morgan fingerprint density at radius 3 is 2.33 bits per heavy atom. The van der Waals surface area contributed by atoms with Crippen LogP contribution >= 0.6 is 0 Å². The van der Waals surface area contributed by atoms with Crippen molar-refractivity contribution in [2.45, 2.75) is 6.54 Å².